The van der Waals surface area contributed by atoms with Crippen molar-refractivity contribution in [1.82, 2.24) is 10.1 Å². The largest absolute Gasteiger partial charge is 0.339 e. The second kappa shape index (κ2) is 4.05. The van der Waals surface area contributed by atoms with Gasteiger partial charge in [-0.05, 0) is 43.9 Å². The van der Waals surface area contributed by atoms with E-state index < -0.39 is 0 Å². The van der Waals surface area contributed by atoms with Crippen molar-refractivity contribution in [3.63, 3.8) is 0 Å². The van der Waals surface area contributed by atoms with Gasteiger partial charge in [-0.3, -0.25) is 0 Å². The van der Waals surface area contributed by atoms with Gasteiger partial charge in [-0.15, -0.1) is 0 Å². The summed E-state index contributed by atoms with van der Waals surface area (Å²) in [5.41, 5.74) is 6.11. The monoisotopic (exact) mass is 247 g/mol. The van der Waals surface area contributed by atoms with Gasteiger partial charge in [0, 0.05) is 12.0 Å². The summed E-state index contributed by atoms with van der Waals surface area (Å²) in [5, 5.41) is 4.25. The lowest BCUT2D eigenvalue weighted by atomic mass is 9.88. The fourth-order valence-electron chi connectivity index (χ4n) is 4.40. The number of hydrogen-bond acceptors (Lipinski definition) is 4. The average Bonchev–Trinajstić information content (AvgIpc) is 3.12. The minimum absolute atomic E-state index is 0.221. The van der Waals surface area contributed by atoms with E-state index in [1.54, 1.807) is 0 Å². The van der Waals surface area contributed by atoms with Crippen molar-refractivity contribution in [3.8, 4) is 0 Å². The Morgan fingerprint density at radius 2 is 2.00 bits per heavy atom. The molecule has 2 N–H and O–H groups in total. The maximum atomic E-state index is 6.11. The number of nitrogens with zero attached hydrogens (tertiary/aromatic N) is 2. The molecule has 0 radical (unpaired) electrons. The molecular formula is C14H21N3O. The quantitative estimate of drug-likeness (QED) is 0.872. The molecule has 5 unspecified atom stereocenters. The summed E-state index contributed by atoms with van der Waals surface area (Å²) in [6.07, 6.45) is 8.84. The molecule has 1 heterocycles. The molecule has 1 aromatic heterocycles. The fraction of sp³-hybridized carbons (Fsp3) is 0.857. The molecule has 4 nitrogen and oxygen atoms in total. The molecular weight excluding hydrogens is 226 g/mol. The van der Waals surface area contributed by atoms with Gasteiger partial charge in [0.25, 0.3) is 0 Å². The highest BCUT2D eigenvalue weighted by Crippen LogP contribution is 2.52. The summed E-state index contributed by atoms with van der Waals surface area (Å²) in [7, 11) is 0. The first-order valence-corrected chi connectivity index (χ1v) is 7.40. The number of rotatable bonds is 2. The van der Waals surface area contributed by atoms with Crippen LogP contribution >= 0.6 is 0 Å². The summed E-state index contributed by atoms with van der Waals surface area (Å²) >= 11 is 0. The van der Waals surface area contributed by atoms with Crippen LogP contribution in [-0.2, 0) is 0 Å². The lowest BCUT2D eigenvalue weighted by Crippen LogP contribution is -2.23. The zero-order valence-electron chi connectivity index (χ0n) is 10.7. The van der Waals surface area contributed by atoms with Crippen molar-refractivity contribution >= 4 is 0 Å². The zero-order chi connectivity index (χ0) is 12.1. The van der Waals surface area contributed by atoms with E-state index in [4.69, 9.17) is 10.3 Å². The lowest BCUT2D eigenvalue weighted by molar-refractivity contribution is 0.331. The molecule has 0 amide bonds. The van der Waals surface area contributed by atoms with Crippen molar-refractivity contribution in [2.24, 2.45) is 17.6 Å². The molecule has 0 aromatic carbocycles. The summed E-state index contributed by atoms with van der Waals surface area (Å²) in [4.78, 5) is 4.69. The maximum absolute atomic E-state index is 6.11. The van der Waals surface area contributed by atoms with Gasteiger partial charge >= 0.3 is 0 Å². The van der Waals surface area contributed by atoms with E-state index in [9.17, 15) is 0 Å². The minimum atomic E-state index is 0.221. The van der Waals surface area contributed by atoms with Gasteiger partial charge in [0.05, 0.1) is 5.92 Å². The summed E-state index contributed by atoms with van der Waals surface area (Å²) < 4.78 is 5.50. The van der Waals surface area contributed by atoms with Crippen LogP contribution in [0.4, 0.5) is 0 Å². The predicted octanol–water partition coefficient (Wildman–Crippen LogP) is 2.57. The highest BCUT2D eigenvalue weighted by molar-refractivity contribution is 5.09. The van der Waals surface area contributed by atoms with E-state index in [0.29, 0.717) is 11.8 Å². The first kappa shape index (κ1) is 11.0. The Hall–Kier alpha value is -0.900. The van der Waals surface area contributed by atoms with Crippen LogP contribution < -0.4 is 5.73 Å². The van der Waals surface area contributed by atoms with Crippen LogP contribution in [0.25, 0.3) is 0 Å². The van der Waals surface area contributed by atoms with Crippen LogP contribution in [0.1, 0.15) is 68.5 Å². The maximum Gasteiger partial charge on any atom is 0.231 e. The van der Waals surface area contributed by atoms with Gasteiger partial charge in [0.15, 0.2) is 5.82 Å². The third kappa shape index (κ3) is 1.62. The third-order valence-corrected chi connectivity index (χ3v) is 5.41. The van der Waals surface area contributed by atoms with Crippen LogP contribution in [0.5, 0.6) is 0 Å². The van der Waals surface area contributed by atoms with Crippen molar-refractivity contribution in [3.05, 3.63) is 11.7 Å². The van der Waals surface area contributed by atoms with Crippen molar-refractivity contribution in [1.29, 1.82) is 0 Å². The molecule has 3 fully saturated rings. The molecule has 3 saturated carbocycles. The number of fused-ring (bicyclic) bond motifs is 2. The van der Waals surface area contributed by atoms with Crippen LogP contribution in [0.2, 0.25) is 0 Å². The number of nitrogens with two attached hydrogens (primary N) is 1. The molecule has 4 heteroatoms. The molecule has 0 saturated heterocycles. The Morgan fingerprint density at radius 3 is 2.67 bits per heavy atom. The van der Waals surface area contributed by atoms with E-state index in [-0.39, 0.29) is 6.04 Å². The third-order valence-electron chi connectivity index (χ3n) is 5.41. The molecule has 0 spiro atoms. The van der Waals surface area contributed by atoms with Gasteiger partial charge in [-0.25, -0.2) is 0 Å². The lowest BCUT2D eigenvalue weighted by Gasteiger charge is -2.17. The molecule has 1 aromatic rings. The second-order valence-corrected chi connectivity index (χ2v) is 6.47. The van der Waals surface area contributed by atoms with Gasteiger partial charge in [0.1, 0.15) is 0 Å². The van der Waals surface area contributed by atoms with Gasteiger partial charge in [-0.2, -0.15) is 4.98 Å². The molecule has 18 heavy (non-hydrogen) atoms. The molecule has 98 valence electrons. The summed E-state index contributed by atoms with van der Waals surface area (Å²) in [5.74, 6) is 4.39. The van der Waals surface area contributed by atoms with E-state index in [0.717, 1.165) is 36.4 Å². The van der Waals surface area contributed by atoms with Gasteiger partial charge in [-0.1, -0.05) is 18.0 Å². The molecule has 0 aliphatic heterocycles. The standard InChI is InChI=1S/C14H21N3O/c15-12-3-1-2-10(12)14-16-13(17-18-14)11-7-8-4-5-9(11)6-8/h8-12H,1-7,15H2. The van der Waals surface area contributed by atoms with Crippen molar-refractivity contribution < 1.29 is 4.52 Å². The van der Waals surface area contributed by atoms with Gasteiger partial charge < -0.3 is 10.3 Å². The first-order chi connectivity index (χ1) is 8.81. The van der Waals surface area contributed by atoms with E-state index in [1.165, 1.54) is 32.1 Å². The van der Waals surface area contributed by atoms with E-state index in [1.807, 2.05) is 0 Å². The fourth-order valence-corrected chi connectivity index (χ4v) is 4.40. The highest BCUT2D eigenvalue weighted by atomic mass is 16.5. The zero-order valence-corrected chi connectivity index (χ0v) is 10.7. The number of hydrogen-bond donors (Lipinski definition) is 1. The Morgan fingerprint density at radius 1 is 1.06 bits per heavy atom. The summed E-state index contributed by atoms with van der Waals surface area (Å²) in [6, 6.07) is 0.221. The SMILES string of the molecule is NC1CCCC1c1nc(C2CC3CCC2C3)no1. The minimum Gasteiger partial charge on any atom is -0.339 e. The van der Waals surface area contributed by atoms with E-state index in [2.05, 4.69) is 10.1 Å². The van der Waals surface area contributed by atoms with E-state index >= 15 is 0 Å². The smallest absolute Gasteiger partial charge is 0.231 e. The Balaban J connectivity index is 1.55. The highest BCUT2D eigenvalue weighted by Gasteiger charge is 2.43. The van der Waals surface area contributed by atoms with Crippen LogP contribution in [0.15, 0.2) is 4.52 Å². The number of aromatic nitrogens is 2. The topological polar surface area (TPSA) is 64.9 Å². The van der Waals surface area contributed by atoms with Gasteiger partial charge in [0.2, 0.25) is 5.89 Å². The normalized spacial score (nSPS) is 42.8. The average molecular weight is 247 g/mol. The Labute approximate surface area is 107 Å². The molecule has 3 aliphatic rings. The molecule has 3 aliphatic carbocycles. The Kier molecular flexibility index (Phi) is 2.47. The van der Waals surface area contributed by atoms with Crippen molar-refractivity contribution in [2.75, 3.05) is 0 Å². The predicted molar refractivity (Wildman–Crippen MR) is 67.1 cm³/mol. The van der Waals surface area contributed by atoms with Crippen LogP contribution in [0, 0.1) is 11.8 Å². The Bertz CT molecular complexity index is 444. The van der Waals surface area contributed by atoms with Crippen molar-refractivity contribution in [2.45, 2.75) is 62.8 Å². The molecule has 4 rings (SSSR count). The summed E-state index contributed by atoms with van der Waals surface area (Å²) in [6.45, 7) is 0. The molecule has 2 bridgehead atoms. The molecule has 5 atom stereocenters. The second-order valence-electron chi connectivity index (χ2n) is 6.47. The van der Waals surface area contributed by atoms with Crippen LogP contribution in [0.3, 0.4) is 0 Å². The first-order valence-electron chi connectivity index (χ1n) is 7.40. The van der Waals surface area contributed by atoms with Crippen LogP contribution in [-0.4, -0.2) is 16.2 Å².